The molecule has 1 atom stereocenters. The summed E-state index contributed by atoms with van der Waals surface area (Å²) < 4.78 is 0. The molecule has 0 saturated carbocycles. The molecule has 2 nitrogen and oxygen atoms in total. The monoisotopic (exact) mass is 208 g/mol. The predicted molar refractivity (Wildman–Crippen MR) is 61.6 cm³/mol. The molecule has 84 valence electrons. The van der Waals surface area contributed by atoms with E-state index in [1.165, 1.54) is 12.8 Å². The van der Waals surface area contributed by atoms with Gasteiger partial charge < -0.3 is 0 Å². The van der Waals surface area contributed by atoms with E-state index in [2.05, 4.69) is 11.8 Å². The minimum absolute atomic E-state index is 0.559. The van der Waals surface area contributed by atoms with E-state index in [0.29, 0.717) is 0 Å². The fraction of sp³-hybridized carbons (Fsp3) is 0.538. The van der Waals surface area contributed by atoms with E-state index in [1.54, 1.807) is 0 Å². The summed E-state index contributed by atoms with van der Waals surface area (Å²) in [5.74, 6) is 0. The van der Waals surface area contributed by atoms with Gasteiger partial charge in [0.1, 0.15) is 5.60 Å². The Morgan fingerprint density at radius 3 is 2.40 bits per heavy atom. The summed E-state index contributed by atoms with van der Waals surface area (Å²) in [6.45, 7) is 4.09. The van der Waals surface area contributed by atoms with Crippen molar-refractivity contribution in [2.24, 2.45) is 0 Å². The van der Waals surface area contributed by atoms with Gasteiger partial charge in [0.05, 0.1) is 0 Å². The third kappa shape index (κ3) is 3.33. The van der Waals surface area contributed by atoms with Crippen molar-refractivity contribution in [3.63, 3.8) is 0 Å². The van der Waals surface area contributed by atoms with Crippen LogP contribution in [0.4, 0.5) is 0 Å². The lowest BCUT2D eigenvalue weighted by Gasteiger charge is -2.26. The van der Waals surface area contributed by atoms with Crippen LogP contribution in [0.25, 0.3) is 0 Å². The molecular weight excluding hydrogens is 188 g/mol. The molecule has 1 N–H and O–H groups in total. The molecule has 1 rings (SSSR count). The first-order valence-corrected chi connectivity index (χ1v) is 5.61. The fourth-order valence-electron chi connectivity index (χ4n) is 1.75. The lowest BCUT2D eigenvalue weighted by Crippen LogP contribution is -2.24. The van der Waals surface area contributed by atoms with Crippen molar-refractivity contribution >= 4 is 0 Å². The van der Waals surface area contributed by atoms with Crippen LogP contribution in [-0.2, 0) is 10.5 Å². The molecule has 0 aliphatic heterocycles. The topological polar surface area (TPSA) is 29.5 Å². The van der Waals surface area contributed by atoms with Gasteiger partial charge in [-0.05, 0) is 18.9 Å². The van der Waals surface area contributed by atoms with Crippen molar-refractivity contribution in [1.82, 2.24) is 0 Å². The van der Waals surface area contributed by atoms with Gasteiger partial charge in [-0.1, -0.05) is 56.5 Å². The number of hydrogen-bond donors (Lipinski definition) is 1. The highest BCUT2D eigenvalue weighted by Gasteiger charge is 2.27. The van der Waals surface area contributed by atoms with Crippen molar-refractivity contribution in [3.05, 3.63) is 35.9 Å². The van der Waals surface area contributed by atoms with Crippen LogP contribution in [0.5, 0.6) is 0 Å². The maximum atomic E-state index is 9.04. The molecule has 1 aromatic carbocycles. The fourth-order valence-corrected chi connectivity index (χ4v) is 1.75. The molecule has 15 heavy (non-hydrogen) atoms. The van der Waals surface area contributed by atoms with Gasteiger partial charge >= 0.3 is 0 Å². The van der Waals surface area contributed by atoms with E-state index in [1.807, 2.05) is 37.3 Å². The highest BCUT2D eigenvalue weighted by molar-refractivity contribution is 5.21. The van der Waals surface area contributed by atoms with E-state index >= 15 is 0 Å². The van der Waals surface area contributed by atoms with Gasteiger partial charge in [-0.2, -0.15) is 0 Å². The SMILES string of the molecule is CCCCCC(C)(OO)c1ccccc1. The quantitative estimate of drug-likeness (QED) is 0.435. The van der Waals surface area contributed by atoms with Crippen LogP contribution in [0, 0.1) is 0 Å². The first-order valence-electron chi connectivity index (χ1n) is 5.61. The van der Waals surface area contributed by atoms with Crippen molar-refractivity contribution in [2.45, 2.75) is 45.1 Å². The summed E-state index contributed by atoms with van der Waals surface area (Å²) in [5, 5.41) is 9.04. The Morgan fingerprint density at radius 2 is 1.87 bits per heavy atom. The summed E-state index contributed by atoms with van der Waals surface area (Å²) in [6, 6.07) is 9.87. The van der Waals surface area contributed by atoms with Crippen molar-refractivity contribution in [1.29, 1.82) is 0 Å². The van der Waals surface area contributed by atoms with Crippen LogP contribution in [-0.4, -0.2) is 5.26 Å². The zero-order valence-electron chi connectivity index (χ0n) is 9.57. The molecule has 0 saturated heterocycles. The van der Waals surface area contributed by atoms with Crippen molar-refractivity contribution < 1.29 is 10.1 Å². The van der Waals surface area contributed by atoms with Gasteiger partial charge in [-0.3, -0.25) is 5.26 Å². The molecule has 1 unspecified atom stereocenters. The van der Waals surface area contributed by atoms with Crippen LogP contribution < -0.4 is 0 Å². The van der Waals surface area contributed by atoms with Gasteiger partial charge in [-0.15, -0.1) is 0 Å². The average Bonchev–Trinajstić information content (AvgIpc) is 2.30. The molecule has 2 heteroatoms. The molecule has 0 aromatic heterocycles. The Kier molecular flexibility index (Phi) is 4.79. The second kappa shape index (κ2) is 5.89. The molecule has 0 heterocycles. The summed E-state index contributed by atoms with van der Waals surface area (Å²) in [7, 11) is 0. The van der Waals surface area contributed by atoms with E-state index < -0.39 is 5.60 Å². The Balaban J connectivity index is 2.67. The molecule has 0 fully saturated rings. The molecule has 0 bridgehead atoms. The first-order chi connectivity index (χ1) is 7.23. The zero-order chi connectivity index (χ0) is 11.1. The normalized spacial score (nSPS) is 14.9. The van der Waals surface area contributed by atoms with Gasteiger partial charge in [0.25, 0.3) is 0 Å². The standard InChI is InChI=1S/C13H20O2/c1-3-4-8-11-13(2,15-14)12-9-6-5-7-10-12/h5-7,9-10,14H,3-4,8,11H2,1-2H3. The van der Waals surface area contributed by atoms with Crippen LogP contribution in [0.2, 0.25) is 0 Å². The maximum absolute atomic E-state index is 9.04. The van der Waals surface area contributed by atoms with E-state index in [0.717, 1.165) is 18.4 Å². The maximum Gasteiger partial charge on any atom is 0.125 e. The molecule has 0 amide bonds. The first kappa shape index (κ1) is 12.2. The number of hydrogen-bond acceptors (Lipinski definition) is 2. The largest absolute Gasteiger partial charge is 0.251 e. The summed E-state index contributed by atoms with van der Waals surface area (Å²) in [5.41, 5.74) is 0.472. The van der Waals surface area contributed by atoms with Gasteiger partial charge in [0.15, 0.2) is 0 Å². The molecule has 0 radical (unpaired) electrons. The van der Waals surface area contributed by atoms with E-state index in [4.69, 9.17) is 5.26 Å². The van der Waals surface area contributed by atoms with Crippen molar-refractivity contribution in [2.75, 3.05) is 0 Å². The van der Waals surface area contributed by atoms with Gasteiger partial charge in [0.2, 0.25) is 0 Å². The van der Waals surface area contributed by atoms with Crippen LogP contribution in [0.3, 0.4) is 0 Å². The Labute approximate surface area is 91.8 Å². The van der Waals surface area contributed by atoms with Crippen LogP contribution in [0.15, 0.2) is 30.3 Å². The number of benzene rings is 1. The summed E-state index contributed by atoms with van der Waals surface area (Å²) in [6.07, 6.45) is 4.27. The van der Waals surface area contributed by atoms with Crippen LogP contribution in [0.1, 0.15) is 45.1 Å². The number of rotatable bonds is 6. The molecule has 1 aromatic rings. The lowest BCUT2D eigenvalue weighted by atomic mass is 9.90. The molecule has 0 aliphatic rings. The Hall–Kier alpha value is -0.860. The molecule has 0 spiro atoms. The highest BCUT2D eigenvalue weighted by atomic mass is 17.1. The Morgan fingerprint density at radius 1 is 1.20 bits per heavy atom. The molecule has 0 aliphatic carbocycles. The van der Waals surface area contributed by atoms with Gasteiger partial charge in [0, 0.05) is 0 Å². The van der Waals surface area contributed by atoms with E-state index in [9.17, 15) is 0 Å². The minimum atomic E-state index is -0.559. The second-order valence-corrected chi connectivity index (χ2v) is 4.15. The van der Waals surface area contributed by atoms with Crippen molar-refractivity contribution in [3.8, 4) is 0 Å². The average molecular weight is 208 g/mol. The third-order valence-corrected chi connectivity index (χ3v) is 2.84. The summed E-state index contributed by atoms with van der Waals surface area (Å²) >= 11 is 0. The van der Waals surface area contributed by atoms with Crippen LogP contribution >= 0.6 is 0 Å². The summed E-state index contributed by atoms with van der Waals surface area (Å²) in [4.78, 5) is 4.67. The highest BCUT2D eigenvalue weighted by Crippen LogP contribution is 2.30. The smallest absolute Gasteiger partial charge is 0.125 e. The van der Waals surface area contributed by atoms with Gasteiger partial charge in [-0.25, -0.2) is 4.89 Å². The predicted octanol–water partition coefficient (Wildman–Crippen LogP) is 3.97. The minimum Gasteiger partial charge on any atom is -0.251 e. The second-order valence-electron chi connectivity index (χ2n) is 4.15. The third-order valence-electron chi connectivity index (χ3n) is 2.84. The Bertz CT molecular complexity index is 271. The molecular formula is C13H20O2. The zero-order valence-corrected chi connectivity index (χ0v) is 9.57. The lowest BCUT2D eigenvalue weighted by molar-refractivity contribution is -0.326. The number of unbranched alkanes of at least 4 members (excludes halogenated alkanes) is 2. The van der Waals surface area contributed by atoms with E-state index in [-0.39, 0.29) is 0 Å².